The van der Waals surface area contributed by atoms with Gasteiger partial charge < -0.3 is 9.80 Å². The lowest BCUT2D eigenvalue weighted by Crippen LogP contribution is -2.17. The van der Waals surface area contributed by atoms with Crippen LogP contribution in [0.5, 0.6) is 0 Å². The van der Waals surface area contributed by atoms with E-state index >= 15 is 0 Å². The second-order valence-corrected chi connectivity index (χ2v) is 19.8. The lowest BCUT2D eigenvalue weighted by Gasteiger charge is -2.29. The van der Waals surface area contributed by atoms with Crippen molar-refractivity contribution in [2.75, 3.05) is 9.80 Å². The topological polar surface area (TPSA) is 6.48 Å². The van der Waals surface area contributed by atoms with E-state index in [0.717, 1.165) is 34.1 Å². The minimum atomic E-state index is -0.290. The Labute approximate surface area is 428 Å². The number of hydrogen-bond donors (Lipinski definition) is 0. The summed E-state index contributed by atoms with van der Waals surface area (Å²) >= 11 is 0. The van der Waals surface area contributed by atoms with E-state index in [-0.39, 0.29) is 5.41 Å². The van der Waals surface area contributed by atoms with Crippen LogP contribution in [0.4, 0.5) is 34.1 Å². The summed E-state index contributed by atoms with van der Waals surface area (Å²) in [6.07, 6.45) is 0. The lowest BCUT2D eigenvalue weighted by molar-refractivity contribution is 0.660. The van der Waals surface area contributed by atoms with Crippen molar-refractivity contribution < 1.29 is 0 Å². The molecule has 12 aromatic rings. The molecule has 12 aromatic carbocycles. The molecule has 1 aliphatic carbocycles. The zero-order valence-electron chi connectivity index (χ0n) is 41.0. The van der Waals surface area contributed by atoms with E-state index in [1.807, 2.05) is 0 Å². The fourth-order valence-corrected chi connectivity index (χ4v) is 11.1. The van der Waals surface area contributed by atoms with Crippen LogP contribution in [0.25, 0.3) is 77.2 Å². The summed E-state index contributed by atoms with van der Waals surface area (Å²) in [4.78, 5) is 4.84. The molecule has 346 valence electrons. The van der Waals surface area contributed by atoms with Crippen molar-refractivity contribution in [1.29, 1.82) is 0 Å². The Morgan fingerprint density at radius 1 is 0.219 bits per heavy atom. The predicted octanol–water partition coefficient (Wildman–Crippen LogP) is 19.9. The van der Waals surface area contributed by atoms with Crippen LogP contribution < -0.4 is 9.80 Å². The molecule has 0 aromatic heterocycles. The van der Waals surface area contributed by atoms with Gasteiger partial charge in [-0.1, -0.05) is 208 Å². The average Bonchev–Trinajstić information content (AvgIpc) is 3.68. The molecule has 13 rings (SSSR count). The monoisotopic (exact) mass is 932 g/mol. The van der Waals surface area contributed by atoms with Crippen LogP contribution in [0.3, 0.4) is 0 Å². The Morgan fingerprint density at radius 3 is 0.918 bits per heavy atom. The van der Waals surface area contributed by atoms with E-state index in [1.54, 1.807) is 0 Å². The molecule has 0 heterocycles. The Hall–Kier alpha value is -9.24. The van der Waals surface area contributed by atoms with Gasteiger partial charge in [-0.15, -0.1) is 0 Å². The summed E-state index contributed by atoms with van der Waals surface area (Å²) in [6.45, 7) is 4.78. The van der Waals surface area contributed by atoms with Gasteiger partial charge in [0, 0.05) is 39.5 Å². The molecule has 0 saturated carbocycles. The van der Waals surface area contributed by atoms with Gasteiger partial charge in [0.05, 0.1) is 0 Å². The fourth-order valence-electron chi connectivity index (χ4n) is 11.1. The third kappa shape index (κ3) is 8.14. The summed E-state index contributed by atoms with van der Waals surface area (Å²) in [6, 6.07) is 102. The Balaban J connectivity index is 0.875. The maximum absolute atomic E-state index is 2.44. The van der Waals surface area contributed by atoms with Gasteiger partial charge in [0.2, 0.25) is 0 Å². The van der Waals surface area contributed by atoms with E-state index in [1.165, 1.54) is 88.3 Å². The highest BCUT2D eigenvalue weighted by Gasteiger charge is 2.37. The summed E-state index contributed by atoms with van der Waals surface area (Å²) in [5, 5.41) is 4.87. The number of rotatable bonds is 10. The van der Waals surface area contributed by atoms with Gasteiger partial charge in [0.1, 0.15) is 0 Å². The van der Waals surface area contributed by atoms with E-state index < -0.39 is 0 Å². The van der Waals surface area contributed by atoms with Gasteiger partial charge in [0.15, 0.2) is 0 Å². The Morgan fingerprint density at radius 2 is 0.521 bits per heavy atom. The Kier molecular flexibility index (Phi) is 10.9. The Bertz CT molecular complexity index is 3720. The zero-order chi connectivity index (χ0) is 48.9. The van der Waals surface area contributed by atoms with E-state index in [2.05, 4.69) is 303 Å². The second-order valence-electron chi connectivity index (χ2n) is 19.8. The smallest absolute Gasteiger partial charge is 0.0468 e. The first-order chi connectivity index (χ1) is 35.9. The molecule has 0 saturated heterocycles. The average molecular weight is 933 g/mol. The minimum Gasteiger partial charge on any atom is -0.310 e. The summed E-state index contributed by atoms with van der Waals surface area (Å²) in [7, 11) is 0. The highest BCUT2D eigenvalue weighted by atomic mass is 15.1. The molecule has 0 unspecified atom stereocenters. The van der Waals surface area contributed by atoms with Gasteiger partial charge in [-0.05, 0) is 173 Å². The van der Waals surface area contributed by atoms with Crippen LogP contribution in [0.1, 0.15) is 25.0 Å². The highest BCUT2D eigenvalue weighted by molar-refractivity contribution is 5.94. The van der Waals surface area contributed by atoms with Crippen LogP contribution in [0.15, 0.2) is 279 Å². The molecule has 1 aliphatic rings. The summed E-state index contributed by atoms with van der Waals surface area (Å²) < 4.78 is 0. The number of nitrogens with zero attached hydrogens (tertiary/aromatic N) is 2. The fraction of sp³-hybridized carbons (Fsp3) is 0.0423. The van der Waals surface area contributed by atoms with Crippen LogP contribution >= 0.6 is 0 Å². The molecular weight excluding hydrogens is 881 g/mol. The molecule has 0 radical (unpaired) electrons. The molecule has 2 nitrogen and oxygen atoms in total. The molecule has 0 aliphatic heterocycles. The van der Waals surface area contributed by atoms with E-state index in [4.69, 9.17) is 0 Å². The van der Waals surface area contributed by atoms with Crippen LogP contribution in [-0.2, 0) is 5.41 Å². The second kappa shape index (κ2) is 18.2. The predicted molar refractivity (Wildman–Crippen MR) is 310 cm³/mol. The third-order valence-corrected chi connectivity index (χ3v) is 15.0. The van der Waals surface area contributed by atoms with Crippen molar-refractivity contribution in [3.63, 3.8) is 0 Å². The molecule has 2 heteroatoms. The van der Waals surface area contributed by atoms with Crippen molar-refractivity contribution in [3.8, 4) is 55.6 Å². The standard InChI is InChI=1S/C71H52N2/c1-71(2)69-47-65(72(63-37-31-51-19-9-11-21-59(51)45-63)61-33-27-53(28-34-61)57-25-13-23-55(43-57)49-15-5-3-6-16-49)39-41-67(69)68-42-40-66(48-70(68)71)73(64-38-32-52-20-10-12-22-60(52)46-64)62-35-29-54(30-36-62)58-26-14-24-56(44-58)50-17-7-4-8-18-50/h3-48H,1-2H3. The van der Waals surface area contributed by atoms with Gasteiger partial charge in [-0.3, -0.25) is 0 Å². The van der Waals surface area contributed by atoms with Crippen molar-refractivity contribution in [2.24, 2.45) is 0 Å². The van der Waals surface area contributed by atoms with Crippen molar-refractivity contribution in [2.45, 2.75) is 19.3 Å². The van der Waals surface area contributed by atoms with Gasteiger partial charge in [-0.2, -0.15) is 0 Å². The van der Waals surface area contributed by atoms with E-state index in [9.17, 15) is 0 Å². The first-order valence-electron chi connectivity index (χ1n) is 25.3. The molecule has 0 atom stereocenters. The minimum absolute atomic E-state index is 0.290. The number of benzene rings is 12. The summed E-state index contributed by atoms with van der Waals surface area (Å²) in [5.41, 5.74) is 21.2. The maximum atomic E-state index is 2.44. The normalized spacial score (nSPS) is 12.4. The van der Waals surface area contributed by atoms with Crippen LogP contribution in [0.2, 0.25) is 0 Å². The van der Waals surface area contributed by atoms with Crippen LogP contribution in [0, 0.1) is 0 Å². The number of fused-ring (bicyclic) bond motifs is 5. The molecular formula is C71H52N2. The van der Waals surface area contributed by atoms with Crippen molar-refractivity contribution in [1.82, 2.24) is 0 Å². The van der Waals surface area contributed by atoms with Gasteiger partial charge >= 0.3 is 0 Å². The maximum Gasteiger partial charge on any atom is 0.0468 e. The number of hydrogen-bond acceptors (Lipinski definition) is 2. The van der Waals surface area contributed by atoms with Crippen molar-refractivity contribution >= 4 is 55.7 Å². The largest absolute Gasteiger partial charge is 0.310 e. The first kappa shape index (κ1) is 43.8. The van der Waals surface area contributed by atoms with Gasteiger partial charge in [0.25, 0.3) is 0 Å². The van der Waals surface area contributed by atoms with E-state index in [0.29, 0.717) is 0 Å². The molecule has 0 N–H and O–H groups in total. The summed E-state index contributed by atoms with van der Waals surface area (Å²) in [5.74, 6) is 0. The molecule has 0 fully saturated rings. The van der Waals surface area contributed by atoms with Crippen LogP contribution in [-0.4, -0.2) is 0 Å². The molecule has 73 heavy (non-hydrogen) atoms. The molecule has 0 bridgehead atoms. The molecule has 0 amide bonds. The SMILES string of the molecule is CC1(C)c2cc(N(c3ccc(-c4cccc(-c5ccccc5)c4)cc3)c3ccc4ccccc4c3)ccc2-c2ccc(N(c3ccc(-c4cccc(-c5ccccc5)c4)cc3)c3ccc4ccccc4c3)cc21. The lowest BCUT2D eigenvalue weighted by atomic mass is 9.82. The molecule has 0 spiro atoms. The first-order valence-corrected chi connectivity index (χ1v) is 25.3. The number of anilines is 6. The van der Waals surface area contributed by atoms with Gasteiger partial charge in [-0.25, -0.2) is 0 Å². The highest BCUT2D eigenvalue weighted by Crippen LogP contribution is 2.53. The third-order valence-electron chi connectivity index (χ3n) is 15.0. The zero-order valence-corrected chi connectivity index (χ0v) is 41.0. The van der Waals surface area contributed by atoms with Crippen molar-refractivity contribution in [3.05, 3.63) is 290 Å². The quantitative estimate of drug-likeness (QED) is 0.135.